The summed E-state index contributed by atoms with van der Waals surface area (Å²) in [6.07, 6.45) is -0.139. The van der Waals surface area contributed by atoms with Gasteiger partial charge in [0.2, 0.25) is 0 Å². The zero-order valence-electron chi connectivity index (χ0n) is 5.51. The van der Waals surface area contributed by atoms with Gasteiger partial charge in [-0.3, -0.25) is 4.79 Å². The maximum atomic E-state index is 11.6. The van der Waals surface area contributed by atoms with Crippen LogP contribution in [0.2, 0.25) is 0 Å². The van der Waals surface area contributed by atoms with Crippen LogP contribution >= 0.6 is 0 Å². The standard InChI is InChI=1S/C6H9FO3/c7-5(8)1-2-6-9-3-4-10-6/h6H,1-4H2. The Morgan fingerprint density at radius 2 is 2.10 bits per heavy atom. The van der Waals surface area contributed by atoms with Crippen molar-refractivity contribution in [3.63, 3.8) is 0 Å². The van der Waals surface area contributed by atoms with Crippen LogP contribution in [0.4, 0.5) is 4.39 Å². The van der Waals surface area contributed by atoms with Crippen molar-refractivity contribution >= 4 is 6.04 Å². The van der Waals surface area contributed by atoms with E-state index in [1.54, 1.807) is 0 Å². The first-order valence-electron chi connectivity index (χ1n) is 3.20. The summed E-state index contributed by atoms with van der Waals surface area (Å²) in [7, 11) is 0. The molecule has 1 aliphatic rings. The van der Waals surface area contributed by atoms with Crippen LogP contribution in [-0.2, 0) is 14.3 Å². The quantitative estimate of drug-likeness (QED) is 0.551. The summed E-state index contributed by atoms with van der Waals surface area (Å²) in [6, 6.07) is -1.31. The first-order valence-corrected chi connectivity index (χ1v) is 3.20. The van der Waals surface area contributed by atoms with Crippen LogP contribution in [0.3, 0.4) is 0 Å². The Morgan fingerprint density at radius 1 is 1.50 bits per heavy atom. The van der Waals surface area contributed by atoms with Crippen molar-refractivity contribution in [1.29, 1.82) is 0 Å². The Balaban J connectivity index is 2.07. The summed E-state index contributed by atoms with van der Waals surface area (Å²) in [6.45, 7) is 1.09. The molecule has 0 aromatic rings. The zero-order chi connectivity index (χ0) is 7.40. The van der Waals surface area contributed by atoms with E-state index in [9.17, 15) is 9.18 Å². The van der Waals surface area contributed by atoms with Gasteiger partial charge < -0.3 is 9.47 Å². The summed E-state index contributed by atoms with van der Waals surface area (Å²) in [5.41, 5.74) is 0. The highest BCUT2D eigenvalue weighted by Gasteiger charge is 2.16. The average Bonchev–Trinajstić information content (AvgIpc) is 2.34. The summed E-state index contributed by atoms with van der Waals surface area (Å²) in [5.74, 6) is 0. The van der Waals surface area contributed by atoms with E-state index in [0.717, 1.165) is 0 Å². The van der Waals surface area contributed by atoms with Crippen molar-refractivity contribution < 1.29 is 18.7 Å². The first-order chi connectivity index (χ1) is 4.79. The molecule has 0 aromatic heterocycles. The average molecular weight is 148 g/mol. The van der Waals surface area contributed by atoms with Crippen molar-refractivity contribution in [1.82, 2.24) is 0 Å². The van der Waals surface area contributed by atoms with Crippen molar-refractivity contribution in [3.05, 3.63) is 0 Å². The van der Waals surface area contributed by atoms with Crippen LogP contribution in [-0.4, -0.2) is 25.5 Å². The van der Waals surface area contributed by atoms with Crippen LogP contribution in [0.15, 0.2) is 0 Å². The normalized spacial score (nSPS) is 19.7. The number of carbonyl (C=O) groups is 1. The van der Waals surface area contributed by atoms with Gasteiger partial charge in [-0.1, -0.05) is 0 Å². The van der Waals surface area contributed by atoms with Gasteiger partial charge in [0.05, 0.1) is 13.2 Å². The minimum atomic E-state index is -1.31. The third kappa shape index (κ3) is 2.41. The van der Waals surface area contributed by atoms with Crippen molar-refractivity contribution in [2.75, 3.05) is 13.2 Å². The number of hydrogen-bond acceptors (Lipinski definition) is 3. The first kappa shape index (κ1) is 7.63. The Kier molecular flexibility index (Phi) is 2.77. The van der Waals surface area contributed by atoms with Gasteiger partial charge in [0.25, 0.3) is 0 Å². The lowest BCUT2D eigenvalue weighted by atomic mass is 10.3. The van der Waals surface area contributed by atoms with Crippen LogP contribution in [0.5, 0.6) is 0 Å². The van der Waals surface area contributed by atoms with E-state index in [-0.39, 0.29) is 12.7 Å². The number of halogens is 1. The highest BCUT2D eigenvalue weighted by atomic mass is 19.1. The molecule has 10 heavy (non-hydrogen) atoms. The Hall–Kier alpha value is -0.480. The second-order valence-corrected chi connectivity index (χ2v) is 2.06. The zero-order valence-corrected chi connectivity index (χ0v) is 5.51. The smallest absolute Gasteiger partial charge is 0.301 e. The molecule has 0 N–H and O–H groups in total. The van der Waals surface area contributed by atoms with Crippen molar-refractivity contribution in [2.24, 2.45) is 0 Å². The van der Waals surface area contributed by atoms with Gasteiger partial charge in [0.15, 0.2) is 6.29 Å². The van der Waals surface area contributed by atoms with E-state index >= 15 is 0 Å². The molecule has 0 unspecified atom stereocenters. The van der Waals surface area contributed by atoms with E-state index < -0.39 is 6.04 Å². The Morgan fingerprint density at radius 3 is 2.60 bits per heavy atom. The minimum absolute atomic E-state index is 0.106. The van der Waals surface area contributed by atoms with Crippen LogP contribution < -0.4 is 0 Å². The predicted molar refractivity (Wildman–Crippen MR) is 31.0 cm³/mol. The third-order valence-corrected chi connectivity index (χ3v) is 1.27. The lowest BCUT2D eigenvalue weighted by molar-refractivity contribution is -0.131. The summed E-state index contributed by atoms with van der Waals surface area (Å²) < 4.78 is 21.5. The largest absolute Gasteiger partial charge is 0.350 e. The molecule has 1 aliphatic heterocycles. The molecule has 58 valence electrons. The highest BCUT2D eigenvalue weighted by molar-refractivity contribution is 5.67. The van der Waals surface area contributed by atoms with E-state index in [4.69, 9.17) is 9.47 Å². The van der Waals surface area contributed by atoms with Gasteiger partial charge >= 0.3 is 6.04 Å². The van der Waals surface area contributed by atoms with Gasteiger partial charge in [-0.2, -0.15) is 4.39 Å². The molecule has 0 radical (unpaired) electrons. The molecule has 1 rings (SSSR count). The molecule has 0 aliphatic carbocycles. The topological polar surface area (TPSA) is 35.5 Å². The van der Waals surface area contributed by atoms with Gasteiger partial charge in [-0.25, -0.2) is 0 Å². The molecule has 1 saturated heterocycles. The van der Waals surface area contributed by atoms with Crippen molar-refractivity contribution in [2.45, 2.75) is 19.1 Å². The maximum absolute atomic E-state index is 11.6. The molecule has 0 bridgehead atoms. The number of hydrogen-bond donors (Lipinski definition) is 0. The van der Waals surface area contributed by atoms with Crippen LogP contribution in [0, 0.1) is 0 Å². The summed E-state index contributed by atoms with van der Waals surface area (Å²) >= 11 is 0. The minimum Gasteiger partial charge on any atom is -0.350 e. The number of carbonyl (C=O) groups excluding carboxylic acids is 1. The molecular formula is C6H9FO3. The Labute approximate surface area is 58.1 Å². The molecule has 3 nitrogen and oxygen atoms in total. The highest BCUT2D eigenvalue weighted by Crippen LogP contribution is 2.10. The third-order valence-electron chi connectivity index (χ3n) is 1.27. The second kappa shape index (κ2) is 3.63. The number of ether oxygens (including phenoxy) is 2. The summed E-state index contributed by atoms with van der Waals surface area (Å²) in [5, 5.41) is 0. The van der Waals surface area contributed by atoms with Gasteiger partial charge in [-0.15, -0.1) is 0 Å². The van der Waals surface area contributed by atoms with Crippen LogP contribution in [0.25, 0.3) is 0 Å². The van der Waals surface area contributed by atoms with Gasteiger partial charge in [-0.05, 0) is 0 Å². The molecule has 0 atom stereocenters. The molecule has 0 amide bonds. The molecule has 0 saturated carbocycles. The Bertz CT molecular complexity index is 120. The second-order valence-electron chi connectivity index (χ2n) is 2.06. The molecule has 1 heterocycles. The fourth-order valence-corrected chi connectivity index (χ4v) is 0.805. The maximum Gasteiger partial charge on any atom is 0.301 e. The molecular weight excluding hydrogens is 139 g/mol. The van der Waals surface area contributed by atoms with E-state index in [2.05, 4.69) is 0 Å². The fraction of sp³-hybridized carbons (Fsp3) is 0.833. The molecule has 1 fully saturated rings. The summed E-state index contributed by atoms with van der Waals surface area (Å²) in [4.78, 5) is 9.82. The SMILES string of the molecule is O=C(F)CCC1OCCO1. The predicted octanol–water partition coefficient (Wildman–Crippen LogP) is 0.636. The molecule has 0 aromatic carbocycles. The van der Waals surface area contributed by atoms with Gasteiger partial charge in [0, 0.05) is 12.8 Å². The molecule has 0 spiro atoms. The van der Waals surface area contributed by atoms with Gasteiger partial charge in [0.1, 0.15) is 0 Å². The number of rotatable bonds is 3. The van der Waals surface area contributed by atoms with E-state index in [1.807, 2.05) is 0 Å². The fourth-order valence-electron chi connectivity index (χ4n) is 0.805. The monoisotopic (exact) mass is 148 g/mol. The lowest BCUT2D eigenvalue weighted by Gasteiger charge is -2.04. The van der Waals surface area contributed by atoms with E-state index in [0.29, 0.717) is 19.6 Å². The van der Waals surface area contributed by atoms with E-state index in [1.165, 1.54) is 0 Å². The van der Waals surface area contributed by atoms with Crippen LogP contribution in [0.1, 0.15) is 12.8 Å². The van der Waals surface area contributed by atoms with Crippen molar-refractivity contribution in [3.8, 4) is 0 Å². The lowest BCUT2D eigenvalue weighted by Crippen LogP contribution is -2.08. The molecule has 4 heteroatoms.